The predicted octanol–water partition coefficient (Wildman–Crippen LogP) is 8.01. The quantitative estimate of drug-likeness (QED) is 0.319. The van der Waals surface area contributed by atoms with Gasteiger partial charge >= 0.3 is 6.18 Å². The summed E-state index contributed by atoms with van der Waals surface area (Å²) in [5.41, 5.74) is -0.118. The SMILES string of the molecule is CC(C)(C)C1c2ccccc2-c2sc(C(F)(F)F)c(F)c2-c2c1ccc(F)c2F. The van der Waals surface area contributed by atoms with Crippen LogP contribution in [0.5, 0.6) is 0 Å². The molecular formula is C22H16F6S. The molecule has 1 aliphatic rings. The first kappa shape index (κ1) is 20.0. The van der Waals surface area contributed by atoms with E-state index in [-0.39, 0.29) is 21.8 Å². The first-order chi connectivity index (χ1) is 13.4. The molecule has 1 unspecified atom stereocenters. The van der Waals surface area contributed by atoms with Gasteiger partial charge in [-0.25, -0.2) is 13.2 Å². The first-order valence-corrected chi connectivity index (χ1v) is 9.71. The molecule has 29 heavy (non-hydrogen) atoms. The lowest BCUT2D eigenvalue weighted by Crippen LogP contribution is -2.21. The van der Waals surface area contributed by atoms with Gasteiger partial charge in [0.05, 0.1) is 0 Å². The van der Waals surface area contributed by atoms with Gasteiger partial charge in [0, 0.05) is 21.9 Å². The molecule has 1 aromatic heterocycles. The second-order valence-electron chi connectivity index (χ2n) is 8.16. The molecule has 0 saturated carbocycles. The van der Waals surface area contributed by atoms with E-state index in [1.165, 1.54) is 6.07 Å². The molecule has 0 nitrogen and oxygen atoms in total. The summed E-state index contributed by atoms with van der Waals surface area (Å²) < 4.78 is 84.5. The highest BCUT2D eigenvalue weighted by Gasteiger charge is 2.44. The van der Waals surface area contributed by atoms with Crippen molar-refractivity contribution in [1.82, 2.24) is 0 Å². The molecule has 1 heterocycles. The second kappa shape index (κ2) is 6.36. The van der Waals surface area contributed by atoms with Gasteiger partial charge in [0.1, 0.15) is 4.88 Å². The average Bonchev–Trinajstić information content (AvgIpc) is 2.88. The molecule has 7 heteroatoms. The van der Waals surface area contributed by atoms with Gasteiger partial charge in [0.2, 0.25) is 0 Å². The molecule has 0 spiro atoms. The molecule has 0 aliphatic heterocycles. The van der Waals surface area contributed by atoms with Crippen molar-refractivity contribution in [3.8, 4) is 21.6 Å². The number of alkyl halides is 3. The summed E-state index contributed by atoms with van der Waals surface area (Å²) in [6.45, 7) is 5.70. The van der Waals surface area contributed by atoms with Crippen molar-refractivity contribution < 1.29 is 26.3 Å². The molecule has 0 saturated heterocycles. The molecule has 0 bridgehead atoms. The predicted molar refractivity (Wildman–Crippen MR) is 101 cm³/mol. The van der Waals surface area contributed by atoms with Gasteiger partial charge < -0.3 is 0 Å². The highest BCUT2D eigenvalue weighted by molar-refractivity contribution is 7.16. The molecular weight excluding hydrogens is 410 g/mol. The van der Waals surface area contributed by atoms with Gasteiger partial charge in [-0.3, -0.25) is 0 Å². The van der Waals surface area contributed by atoms with Gasteiger partial charge in [-0.05, 0) is 28.2 Å². The minimum atomic E-state index is -4.94. The van der Waals surface area contributed by atoms with E-state index in [0.29, 0.717) is 11.1 Å². The van der Waals surface area contributed by atoms with Gasteiger partial charge in [-0.1, -0.05) is 51.1 Å². The van der Waals surface area contributed by atoms with Crippen LogP contribution in [0.4, 0.5) is 26.3 Å². The smallest absolute Gasteiger partial charge is 0.205 e. The number of hydrogen-bond acceptors (Lipinski definition) is 1. The van der Waals surface area contributed by atoms with E-state index in [4.69, 9.17) is 0 Å². The maximum Gasteiger partial charge on any atom is 0.428 e. The normalized spacial score (nSPS) is 16.1. The van der Waals surface area contributed by atoms with Crippen LogP contribution in [0.15, 0.2) is 36.4 Å². The molecule has 1 atom stereocenters. The Morgan fingerprint density at radius 2 is 1.45 bits per heavy atom. The van der Waals surface area contributed by atoms with Gasteiger partial charge in [0.15, 0.2) is 17.5 Å². The fourth-order valence-electron chi connectivity index (χ4n) is 4.12. The molecule has 4 rings (SSSR count). The van der Waals surface area contributed by atoms with E-state index < -0.39 is 51.0 Å². The van der Waals surface area contributed by atoms with Crippen LogP contribution in [-0.2, 0) is 6.18 Å². The summed E-state index contributed by atoms with van der Waals surface area (Å²) in [6.07, 6.45) is -4.94. The largest absolute Gasteiger partial charge is 0.428 e. The third-order valence-corrected chi connectivity index (χ3v) is 6.42. The Labute approximate surface area is 167 Å². The lowest BCUT2D eigenvalue weighted by Gasteiger charge is -2.33. The van der Waals surface area contributed by atoms with Crippen molar-refractivity contribution in [2.75, 3.05) is 0 Å². The fourth-order valence-corrected chi connectivity index (χ4v) is 5.22. The van der Waals surface area contributed by atoms with Crippen molar-refractivity contribution in [2.45, 2.75) is 32.9 Å². The second-order valence-corrected chi connectivity index (χ2v) is 9.18. The highest BCUT2D eigenvalue weighted by Crippen LogP contribution is 2.57. The van der Waals surface area contributed by atoms with Crippen molar-refractivity contribution >= 4 is 11.3 Å². The fraction of sp³-hybridized carbons (Fsp3) is 0.273. The zero-order valence-electron chi connectivity index (χ0n) is 15.7. The number of halogens is 6. The number of rotatable bonds is 0. The molecule has 1 aliphatic carbocycles. The van der Waals surface area contributed by atoms with Crippen LogP contribution < -0.4 is 0 Å². The Kier molecular flexibility index (Phi) is 4.39. The number of benzene rings is 2. The van der Waals surface area contributed by atoms with E-state index in [0.717, 1.165) is 6.07 Å². The monoisotopic (exact) mass is 426 g/mol. The maximum atomic E-state index is 15.1. The average molecular weight is 426 g/mol. The Bertz CT molecular complexity index is 1120. The van der Waals surface area contributed by atoms with Crippen LogP contribution in [-0.4, -0.2) is 0 Å². The van der Waals surface area contributed by atoms with E-state index in [2.05, 4.69) is 0 Å². The third-order valence-electron chi connectivity index (χ3n) is 5.18. The van der Waals surface area contributed by atoms with E-state index in [1.54, 1.807) is 24.3 Å². The van der Waals surface area contributed by atoms with Crippen LogP contribution in [0.1, 0.15) is 42.7 Å². The summed E-state index contributed by atoms with van der Waals surface area (Å²) in [6, 6.07) is 9.01. The summed E-state index contributed by atoms with van der Waals surface area (Å²) >= 11 is 0.227. The maximum absolute atomic E-state index is 15.1. The Morgan fingerprint density at radius 3 is 2.07 bits per heavy atom. The van der Waals surface area contributed by atoms with E-state index in [9.17, 15) is 22.0 Å². The van der Waals surface area contributed by atoms with Crippen LogP contribution in [0, 0.1) is 22.9 Å². The Balaban J connectivity index is 2.23. The Morgan fingerprint density at radius 1 is 0.793 bits per heavy atom. The Hall–Kier alpha value is -2.28. The van der Waals surface area contributed by atoms with Gasteiger partial charge in [0.25, 0.3) is 0 Å². The zero-order valence-corrected chi connectivity index (χ0v) is 16.5. The summed E-state index contributed by atoms with van der Waals surface area (Å²) in [5, 5.41) is 0. The molecule has 152 valence electrons. The summed E-state index contributed by atoms with van der Waals surface area (Å²) in [5.74, 6) is -4.60. The van der Waals surface area contributed by atoms with Gasteiger partial charge in [-0.15, -0.1) is 11.3 Å². The lowest BCUT2D eigenvalue weighted by molar-refractivity contribution is -0.136. The molecule has 3 aromatic rings. The molecule has 0 amide bonds. The summed E-state index contributed by atoms with van der Waals surface area (Å²) in [7, 11) is 0. The minimum absolute atomic E-state index is 0.0390. The van der Waals surface area contributed by atoms with Crippen molar-refractivity contribution in [2.24, 2.45) is 5.41 Å². The zero-order chi connectivity index (χ0) is 21.3. The van der Waals surface area contributed by atoms with Crippen LogP contribution in [0.2, 0.25) is 0 Å². The van der Waals surface area contributed by atoms with Crippen LogP contribution >= 0.6 is 11.3 Å². The van der Waals surface area contributed by atoms with Crippen LogP contribution in [0.25, 0.3) is 21.6 Å². The molecule has 0 N–H and O–H groups in total. The molecule has 0 fully saturated rings. The lowest BCUT2D eigenvalue weighted by atomic mass is 9.71. The summed E-state index contributed by atoms with van der Waals surface area (Å²) in [4.78, 5) is -1.48. The standard InChI is InChI=1S/C22H16F6S/c1-21(2,3)16-10-6-4-5-7-11(10)19-15(18(25)20(29-19)22(26,27)28)14-12(16)8-9-13(23)17(14)24/h4-9,16H,1-3H3. The number of hydrogen-bond donors (Lipinski definition) is 0. The number of fused-ring (bicyclic) bond motifs is 5. The van der Waals surface area contributed by atoms with Crippen molar-refractivity contribution in [3.05, 3.63) is 69.9 Å². The van der Waals surface area contributed by atoms with E-state index >= 15 is 4.39 Å². The van der Waals surface area contributed by atoms with Crippen molar-refractivity contribution in [3.63, 3.8) is 0 Å². The van der Waals surface area contributed by atoms with Crippen molar-refractivity contribution in [1.29, 1.82) is 0 Å². The third kappa shape index (κ3) is 2.98. The van der Waals surface area contributed by atoms with Crippen LogP contribution in [0.3, 0.4) is 0 Å². The number of thiophene rings is 1. The molecule has 0 radical (unpaired) electrons. The molecule has 2 aromatic carbocycles. The van der Waals surface area contributed by atoms with Gasteiger partial charge in [-0.2, -0.15) is 13.2 Å². The highest BCUT2D eigenvalue weighted by atomic mass is 32.1. The minimum Gasteiger partial charge on any atom is -0.205 e. The topological polar surface area (TPSA) is 0 Å². The first-order valence-electron chi connectivity index (χ1n) is 8.90. The van der Waals surface area contributed by atoms with E-state index in [1.807, 2.05) is 20.8 Å².